The molecule has 1 radical (unpaired) electrons. The van der Waals surface area contributed by atoms with Crippen LogP contribution in [-0.4, -0.2) is 50.6 Å². The summed E-state index contributed by atoms with van der Waals surface area (Å²) < 4.78 is 0. The van der Waals surface area contributed by atoms with Crippen LogP contribution in [-0.2, 0) is 0 Å². The van der Waals surface area contributed by atoms with Gasteiger partial charge in [0.15, 0.2) is 0 Å². The van der Waals surface area contributed by atoms with E-state index < -0.39 is 0 Å². The van der Waals surface area contributed by atoms with E-state index in [1.807, 2.05) is 0 Å². The Bertz CT molecular complexity index is 43.0. The normalized spacial score (nSPS) is 21.9. The molecule has 7 heavy (non-hydrogen) atoms. The van der Waals surface area contributed by atoms with E-state index >= 15 is 0 Å². The van der Waals surface area contributed by atoms with E-state index in [0.29, 0.717) is 0 Å². The summed E-state index contributed by atoms with van der Waals surface area (Å²) >= 11 is 0. The van der Waals surface area contributed by atoms with E-state index in [9.17, 15) is 0 Å². The maximum Gasteiger partial charge on any atom is 0.0478 e. The molecule has 37 valence electrons. The van der Waals surface area contributed by atoms with Crippen LogP contribution in [0.4, 0.5) is 0 Å². The van der Waals surface area contributed by atoms with Gasteiger partial charge in [0.2, 0.25) is 0 Å². The number of likely N-dealkylation sites (N-methyl/N-ethyl adjacent to an activating group) is 1. The molecule has 0 bridgehead atoms. The first-order valence-corrected chi connectivity index (χ1v) is 2.29. The molecule has 0 amide bonds. The summed E-state index contributed by atoms with van der Waals surface area (Å²) in [5, 5.41) is 3.20. The first-order chi connectivity index (χ1) is 2.89. The van der Waals surface area contributed by atoms with Crippen LogP contribution < -0.4 is 5.32 Å². The summed E-state index contributed by atoms with van der Waals surface area (Å²) in [6.07, 6.45) is 0. The molecule has 0 aliphatic carbocycles. The number of nitrogens with one attached hydrogen (secondary N) is 1. The Morgan fingerprint density at radius 2 is 2.29 bits per heavy atom. The molecule has 0 aromatic rings. The molecule has 0 spiro atoms. The molecule has 2 nitrogen and oxygen atoms in total. The topological polar surface area (TPSA) is 15.3 Å². The van der Waals surface area contributed by atoms with E-state index in [1.54, 1.807) is 0 Å². The number of nitrogens with zero attached hydrogens (tertiary/aromatic N) is 1. The zero-order valence-electron chi connectivity index (χ0n) is 5.07. The van der Waals surface area contributed by atoms with Gasteiger partial charge in [0.1, 0.15) is 0 Å². The van der Waals surface area contributed by atoms with E-state index in [0.717, 1.165) is 13.2 Å². The quantitative estimate of drug-likeness (QED) is 0.390. The second-order valence-corrected chi connectivity index (χ2v) is 1.74. The van der Waals surface area contributed by atoms with Crippen molar-refractivity contribution < 1.29 is 0 Å². The van der Waals surface area contributed by atoms with Crippen molar-refractivity contribution in [1.29, 1.82) is 0 Å². The summed E-state index contributed by atoms with van der Waals surface area (Å²) in [7, 11) is 2.11. The molecule has 3 heteroatoms. The molecule has 1 saturated heterocycles. The predicted molar refractivity (Wildman–Crippen MR) is 31.3 cm³/mol. The maximum absolute atomic E-state index is 3.20. The van der Waals surface area contributed by atoms with Gasteiger partial charge in [-0.2, -0.15) is 0 Å². The van der Waals surface area contributed by atoms with Crippen molar-refractivity contribution >= 4 is 18.9 Å². The summed E-state index contributed by atoms with van der Waals surface area (Å²) in [5.74, 6) is 0. The molecule has 0 aromatic heterocycles. The Morgan fingerprint density at radius 1 is 1.57 bits per heavy atom. The zero-order valence-corrected chi connectivity index (χ0v) is 5.07. The van der Waals surface area contributed by atoms with E-state index in [-0.39, 0.29) is 18.9 Å². The number of hydrogen-bond donors (Lipinski definition) is 1. The fraction of sp³-hybridized carbons (Fsp3) is 1.00. The Hall–Kier alpha value is 0.517. The van der Waals surface area contributed by atoms with Gasteiger partial charge in [0, 0.05) is 38.6 Å². The van der Waals surface area contributed by atoms with Crippen molar-refractivity contribution in [1.82, 2.24) is 10.2 Å². The fourth-order valence-electron chi connectivity index (χ4n) is 0.619. The largest absolute Gasteiger partial charge is 0.303 e. The van der Waals surface area contributed by atoms with Crippen LogP contribution in [0.3, 0.4) is 0 Å². The van der Waals surface area contributed by atoms with Gasteiger partial charge < -0.3 is 5.32 Å². The first kappa shape index (κ1) is 7.52. The minimum Gasteiger partial charge on any atom is -0.303 e. The van der Waals surface area contributed by atoms with Crippen molar-refractivity contribution in [2.45, 2.75) is 0 Å². The molecule has 0 saturated carbocycles. The van der Waals surface area contributed by atoms with Crippen molar-refractivity contribution in [3.05, 3.63) is 0 Å². The van der Waals surface area contributed by atoms with Gasteiger partial charge in [-0.1, -0.05) is 0 Å². The van der Waals surface area contributed by atoms with Crippen LogP contribution >= 0.6 is 0 Å². The standard InChI is InChI=1S/C4H10N2.Li/c1-6-3-2-5-4-6;/h5H,2-4H2,1H3;. The van der Waals surface area contributed by atoms with Gasteiger partial charge in [0.05, 0.1) is 0 Å². The third kappa shape index (κ3) is 2.35. The maximum atomic E-state index is 3.20. The van der Waals surface area contributed by atoms with Crippen LogP contribution in [0.15, 0.2) is 0 Å². The first-order valence-electron chi connectivity index (χ1n) is 2.29. The second kappa shape index (κ2) is 3.51. The average Bonchev–Trinajstić information content (AvgIpc) is 1.86. The smallest absolute Gasteiger partial charge is 0.0478 e. The molecule has 0 unspecified atom stereocenters. The molecular weight excluding hydrogens is 83.0 g/mol. The van der Waals surface area contributed by atoms with Gasteiger partial charge in [0.25, 0.3) is 0 Å². The van der Waals surface area contributed by atoms with E-state index in [4.69, 9.17) is 0 Å². The minimum absolute atomic E-state index is 0. The van der Waals surface area contributed by atoms with Crippen LogP contribution in [0.2, 0.25) is 0 Å². The van der Waals surface area contributed by atoms with Gasteiger partial charge in [-0.3, -0.25) is 4.90 Å². The van der Waals surface area contributed by atoms with Gasteiger partial charge >= 0.3 is 0 Å². The number of rotatable bonds is 0. The van der Waals surface area contributed by atoms with E-state index in [2.05, 4.69) is 17.3 Å². The fourth-order valence-corrected chi connectivity index (χ4v) is 0.619. The molecule has 0 atom stereocenters. The van der Waals surface area contributed by atoms with Crippen molar-refractivity contribution in [3.8, 4) is 0 Å². The Labute approximate surface area is 56.4 Å². The summed E-state index contributed by atoms with van der Waals surface area (Å²) in [4.78, 5) is 2.25. The third-order valence-corrected chi connectivity index (χ3v) is 1.05. The molecule has 1 aliphatic rings. The Balaban J connectivity index is 0.000000360. The Kier molecular flexibility index (Phi) is 3.77. The molecule has 0 aromatic carbocycles. The van der Waals surface area contributed by atoms with Crippen LogP contribution in [0, 0.1) is 0 Å². The molecule has 1 N–H and O–H groups in total. The monoisotopic (exact) mass is 93.1 g/mol. The van der Waals surface area contributed by atoms with Gasteiger partial charge in [-0.25, -0.2) is 0 Å². The minimum atomic E-state index is 0. The molecular formula is C4H10LiN2. The van der Waals surface area contributed by atoms with E-state index in [1.165, 1.54) is 6.54 Å². The number of hydrogen-bond acceptors (Lipinski definition) is 2. The third-order valence-electron chi connectivity index (χ3n) is 1.05. The predicted octanol–water partition coefficient (Wildman–Crippen LogP) is -0.902. The van der Waals surface area contributed by atoms with Crippen molar-refractivity contribution in [2.75, 3.05) is 26.8 Å². The molecule has 1 heterocycles. The SMILES string of the molecule is CN1CCNC1.[Li]. The second-order valence-electron chi connectivity index (χ2n) is 1.74. The zero-order chi connectivity index (χ0) is 4.41. The molecule has 1 fully saturated rings. The van der Waals surface area contributed by atoms with Crippen molar-refractivity contribution in [2.24, 2.45) is 0 Å². The summed E-state index contributed by atoms with van der Waals surface area (Å²) in [5.41, 5.74) is 0. The van der Waals surface area contributed by atoms with Crippen LogP contribution in [0.5, 0.6) is 0 Å². The van der Waals surface area contributed by atoms with Crippen LogP contribution in [0.25, 0.3) is 0 Å². The van der Waals surface area contributed by atoms with Gasteiger partial charge in [-0.05, 0) is 7.05 Å². The summed E-state index contributed by atoms with van der Waals surface area (Å²) in [6, 6.07) is 0. The van der Waals surface area contributed by atoms with Crippen molar-refractivity contribution in [3.63, 3.8) is 0 Å². The molecule has 1 aliphatic heterocycles. The summed E-state index contributed by atoms with van der Waals surface area (Å²) in [6.45, 7) is 3.44. The van der Waals surface area contributed by atoms with Crippen LogP contribution in [0.1, 0.15) is 0 Å². The Morgan fingerprint density at radius 3 is 2.43 bits per heavy atom. The molecule has 1 rings (SSSR count). The van der Waals surface area contributed by atoms with Gasteiger partial charge in [-0.15, -0.1) is 0 Å². The average molecular weight is 93.1 g/mol.